The highest BCUT2D eigenvalue weighted by Crippen LogP contribution is 2.18. The Morgan fingerprint density at radius 1 is 1.33 bits per heavy atom. The molecule has 1 heterocycles. The number of nitrogens with one attached hydrogen (secondary N) is 1. The summed E-state index contributed by atoms with van der Waals surface area (Å²) in [5.74, 6) is 0.762. The van der Waals surface area contributed by atoms with Gasteiger partial charge in [-0.05, 0) is 50.4 Å². The van der Waals surface area contributed by atoms with Crippen LogP contribution in [0, 0.1) is 11.7 Å². The highest BCUT2D eigenvalue weighted by Gasteiger charge is 2.22. The molecule has 136 valence electrons. The van der Waals surface area contributed by atoms with E-state index in [-0.39, 0.29) is 29.9 Å². The van der Waals surface area contributed by atoms with Crippen LogP contribution < -0.4 is 10.1 Å². The third kappa shape index (κ3) is 6.65. The molecule has 0 unspecified atom stereocenters. The van der Waals surface area contributed by atoms with Crippen molar-refractivity contribution in [2.45, 2.75) is 32.6 Å². The summed E-state index contributed by atoms with van der Waals surface area (Å²) in [4.78, 5) is 14.1. The Kier molecular flexibility index (Phi) is 9.72. The number of carbonyl (C=O) groups is 1. The molecule has 4 nitrogen and oxygen atoms in total. The van der Waals surface area contributed by atoms with Gasteiger partial charge in [-0.25, -0.2) is 4.39 Å². The number of piperidine rings is 1. The first-order valence-corrected chi connectivity index (χ1v) is 8.56. The van der Waals surface area contributed by atoms with Crippen LogP contribution in [0.2, 0.25) is 0 Å². The second kappa shape index (κ2) is 11.3. The van der Waals surface area contributed by atoms with Crippen molar-refractivity contribution in [3.63, 3.8) is 0 Å². The van der Waals surface area contributed by atoms with Gasteiger partial charge in [0.1, 0.15) is 0 Å². The zero-order valence-corrected chi connectivity index (χ0v) is 15.1. The summed E-state index contributed by atoms with van der Waals surface area (Å²) in [5.41, 5.74) is 0. The summed E-state index contributed by atoms with van der Waals surface area (Å²) >= 11 is 0. The van der Waals surface area contributed by atoms with Crippen LogP contribution in [0.15, 0.2) is 24.3 Å². The molecule has 0 aliphatic carbocycles. The third-order valence-electron chi connectivity index (χ3n) is 4.28. The summed E-state index contributed by atoms with van der Waals surface area (Å²) in [7, 11) is 0. The van der Waals surface area contributed by atoms with Crippen molar-refractivity contribution in [3.8, 4) is 5.75 Å². The first-order valence-electron chi connectivity index (χ1n) is 8.56. The lowest BCUT2D eigenvalue weighted by Crippen LogP contribution is -2.40. The van der Waals surface area contributed by atoms with Crippen molar-refractivity contribution in [1.29, 1.82) is 0 Å². The molecule has 1 aromatic carbocycles. The van der Waals surface area contributed by atoms with Crippen molar-refractivity contribution < 1.29 is 13.9 Å². The van der Waals surface area contributed by atoms with Crippen LogP contribution in [0.3, 0.4) is 0 Å². The van der Waals surface area contributed by atoms with Gasteiger partial charge in [0.2, 0.25) is 5.91 Å². The lowest BCUT2D eigenvalue weighted by molar-refractivity contribution is -0.132. The Bertz CT molecular complexity index is 494. The van der Waals surface area contributed by atoms with Gasteiger partial charge in [-0.15, -0.1) is 12.4 Å². The average Bonchev–Trinajstić information content (AvgIpc) is 2.58. The molecule has 0 saturated carbocycles. The fraction of sp³-hybridized carbons (Fsp3) is 0.611. The van der Waals surface area contributed by atoms with E-state index in [1.54, 1.807) is 18.2 Å². The van der Waals surface area contributed by atoms with E-state index in [4.69, 9.17) is 4.74 Å². The van der Waals surface area contributed by atoms with Crippen LogP contribution in [0.4, 0.5) is 4.39 Å². The van der Waals surface area contributed by atoms with Gasteiger partial charge in [0.05, 0.1) is 6.61 Å². The number of benzene rings is 1. The predicted molar refractivity (Wildman–Crippen MR) is 96.2 cm³/mol. The van der Waals surface area contributed by atoms with Gasteiger partial charge in [0.25, 0.3) is 0 Å². The van der Waals surface area contributed by atoms with E-state index in [0.717, 1.165) is 39.0 Å². The number of hydrogen-bond acceptors (Lipinski definition) is 3. The molecule has 6 heteroatoms. The number of hydrogen-bond donors (Lipinski definition) is 1. The molecular weight excluding hydrogens is 331 g/mol. The van der Waals surface area contributed by atoms with Crippen LogP contribution in [0.5, 0.6) is 5.75 Å². The van der Waals surface area contributed by atoms with E-state index < -0.39 is 0 Å². The molecule has 1 aliphatic rings. The fourth-order valence-electron chi connectivity index (χ4n) is 2.86. The van der Waals surface area contributed by atoms with Crippen LogP contribution in [0.1, 0.15) is 32.6 Å². The van der Waals surface area contributed by atoms with Crippen molar-refractivity contribution in [2.24, 2.45) is 5.92 Å². The lowest BCUT2D eigenvalue weighted by atomic mass is 9.96. The Morgan fingerprint density at radius 2 is 2.04 bits per heavy atom. The van der Waals surface area contributed by atoms with Crippen molar-refractivity contribution in [1.82, 2.24) is 10.2 Å². The van der Waals surface area contributed by atoms with Gasteiger partial charge in [-0.3, -0.25) is 4.79 Å². The van der Waals surface area contributed by atoms with Crippen molar-refractivity contribution in [2.75, 3.05) is 32.8 Å². The standard InChI is InChI=1S/C18H27FN2O2.ClH/c1-2-20-14-15-9-11-21(12-10-15)18(22)8-5-13-23-17-7-4-3-6-16(17)19;/h3-4,6-7,15,20H,2,5,8-14H2,1H3;1H. The van der Waals surface area contributed by atoms with E-state index >= 15 is 0 Å². The van der Waals surface area contributed by atoms with Gasteiger partial charge in [0.15, 0.2) is 11.6 Å². The SMILES string of the molecule is CCNCC1CCN(C(=O)CCCOc2ccccc2F)CC1.Cl. The normalized spacial score (nSPS) is 15.0. The lowest BCUT2D eigenvalue weighted by Gasteiger charge is -2.32. The molecule has 24 heavy (non-hydrogen) atoms. The van der Waals surface area contributed by atoms with E-state index in [1.807, 2.05) is 4.90 Å². The molecule has 0 spiro atoms. The van der Waals surface area contributed by atoms with Crippen molar-refractivity contribution in [3.05, 3.63) is 30.1 Å². The number of para-hydroxylation sites is 1. The molecule has 0 atom stereocenters. The second-order valence-electron chi connectivity index (χ2n) is 6.01. The predicted octanol–water partition coefficient (Wildman–Crippen LogP) is 3.25. The molecule has 0 aromatic heterocycles. The van der Waals surface area contributed by atoms with Crippen LogP contribution in [0.25, 0.3) is 0 Å². The Labute approximate surface area is 150 Å². The van der Waals surface area contributed by atoms with E-state index in [1.165, 1.54) is 6.07 Å². The quantitative estimate of drug-likeness (QED) is 0.725. The number of halogens is 2. The molecule has 2 rings (SSSR count). The van der Waals surface area contributed by atoms with Gasteiger partial charge in [-0.1, -0.05) is 19.1 Å². The van der Waals surface area contributed by atoms with Crippen LogP contribution in [-0.4, -0.2) is 43.6 Å². The Balaban J connectivity index is 0.00000288. The van der Waals surface area contributed by atoms with Gasteiger partial charge in [0, 0.05) is 19.5 Å². The molecule has 1 fully saturated rings. The number of rotatable bonds is 8. The number of amides is 1. The maximum Gasteiger partial charge on any atom is 0.222 e. The van der Waals surface area contributed by atoms with Gasteiger partial charge in [-0.2, -0.15) is 0 Å². The number of carbonyl (C=O) groups excluding carboxylic acids is 1. The zero-order chi connectivity index (χ0) is 16.5. The number of likely N-dealkylation sites (tertiary alicyclic amines) is 1. The largest absolute Gasteiger partial charge is 0.491 e. The molecule has 1 saturated heterocycles. The highest BCUT2D eigenvalue weighted by molar-refractivity contribution is 5.85. The smallest absolute Gasteiger partial charge is 0.222 e. The maximum absolute atomic E-state index is 13.4. The maximum atomic E-state index is 13.4. The summed E-state index contributed by atoms with van der Waals surface area (Å²) in [6.07, 6.45) is 3.23. The first-order chi connectivity index (χ1) is 11.2. The minimum Gasteiger partial charge on any atom is -0.491 e. The van der Waals surface area contributed by atoms with Gasteiger partial charge >= 0.3 is 0 Å². The topological polar surface area (TPSA) is 41.6 Å². The molecule has 1 amide bonds. The van der Waals surface area contributed by atoms with Crippen molar-refractivity contribution >= 4 is 18.3 Å². The minimum absolute atomic E-state index is 0. The van der Waals surface area contributed by atoms with Gasteiger partial charge < -0.3 is 15.0 Å². The molecule has 0 bridgehead atoms. The number of ether oxygens (including phenoxy) is 1. The molecule has 1 aromatic rings. The highest BCUT2D eigenvalue weighted by atomic mass is 35.5. The number of nitrogens with zero attached hydrogens (tertiary/aromatic N) is 1. The van der Waals surface area contributed by atoms with Crippen LogP contribution in [-0.2, 0) is 4.79 Å². The third-order valence-corrected chi connectivity index (χ3v) is 4.28. The summed E-state index contributed by atoms with van der Waals surface area (Å²) in [6, 6.07) is 6.34. The molecule has 1 N–H and O–H groups in total. The average molecular weight is 359 g/mol. The molecular formula is C18H28ClFN2O2. The first kappa shape index (κ1) is 20.7. The zero-order valence-electron chi connectivity index (χ0n) is 14.3. The molecule has 0 radical (unpaired) electrons. The fourth-order valence-corrected chi connectivity index (χ4v) is 2.86. The Morgan fingerprint density at radius 3 is 2.71 bits per heavy atom. The minimum atomic E-state index is -0.360. The van der Waals surface area contributed by atoms with E-state index in [9.17, 15) is 9.18 Å². The van der Waals surface area contributed by atoms with E-state index in [2.05, 4.69) is 12.2 Å². The Hall–Kier alpha value is -1.33. The summed E-state index contributed by atoms with van der Waals surface area (Å²) in [6.45, 7) is 6.23. The second-order valence-corrected chi connectivity index (χ2v) is 6.01. The van der Waals surface area contributed by atoms with Crippen LogP contribution >= 0.6 is 12.4 Å². The van der Waals surface area contributed by atoms with E-state index in [0.29, 0.717) is 25.4 Å². The monoisotopic (exact) mass is 358 g/mol. The summed E-state index contributed by atoms with van der Waals surface area (Å²) in [5, 5.41) is 3.37. The molecule has 1 aliphatic heterocycles. The summed E-state index contributed by atoms with van der Waals surface area (Å²) < 4.78 is 18.8.